The van der Waals surface area contributed by atoms with Crippen LogP contribution >= 0.6 is 0 Å². The fourth-order valence-corrected chi connectivity index (χ4v) is 2.86. The minimum absolute atomic E-state index is 0.597. The molecule has 21 heavy (non-hydrogen) atoms. The summed E-state index contributed by atoms with van der Waals surface area (Å²) < 4.78 is 10.9. The molecule has 3 heteroatoms. The fraction of sp³-hybridized carbons (Fsp3) is 0.667. The molecular formula is C18H29NO2. The lowest BCUT2D eigenvalue weighted by Crippen LogP contribution is -2.35. The largest absolute Gasteiger partial charge is 0.497 e. The highest BCUT2D eigenvalue weighted by molar-refractivity contribution is 5.37. The summed E-state index contributed by atoms with van der Waals surface area (Å²) in [5.74, 6) is 0.971. The van der Waals surface area contributed by atoms with Gasteiger partial charge in [0.25, 0.3) is 0 Å². The summed E-state index contributed by atoms with van der Waals surface area (Å²) in [4.78, 5) is 0. The molecule has 0 saturated carbocycles. The van der Waals surface area contributed by atoms with E-state index in [0.717, 1.165) is 38.3 Å². The molecule has 1 N–H and O–H groups in total. The Bertz CT molecular complexity index is 420. The average Bonchev–Trinajstić information content (AvgIpc) is 2.53. The smallest absolute Gasteiger partial charge is 0.119 e. The van der Waals surface area contributed by atoms with Gasteiger partial charge in [0.15, 0.2) is 0 Å². The summed E-state index contributed by atoms with van der Waals surface area (Å²) in [6.45, 7) is 5.04. The molecule has 1 aliphatic rings. The van der Waals surface area contributed by atoms with Gasteiger partial charge >= 0.3 is 0 Å². The average molecular weight is 291 g/mol. The van der Waals surface area contributed by atoms with Crippen LogP contribution in [0.4, 0.5) is 0 Å². The topological polar surface area (TPSA) is 30.5 Å². The number of fused-ring (bicyclic) bond motifs is 1. The van der Waals surface area contributed by atoms with E-state index in [1.54, 1.807) is 7.11 Å². The highest BCUT2D eigenvalue weighted by atomic mass is 16.5. The second kappa shape index (κ2) is 9.06. The summed E-state index contributed by atoms with van der Waals surface area (Å²) in [5, 5.41) is 3.67. The van der Waals surface area contributed by atoms with Gasteiger partial charge in [-0.1, -0.05) is 19.4 Å². The zero-order valence-corrected chi connectivity index (χ0v) is 13.5. The maximum atomic E-state index is 5.59. The Hall–Kier alpha value is -1.06. The number of hydrogen-bond donors (Lipinski definition) is 1. The third-order valence-corrected chi connectivity index (χ3v) is 4.18. The van der Waals surface area contributed by atoms with Crippen LogP contribution in [-0.4, -0.2) is 32.9 Å². The van der Waals surface area contributed by atoms with E-state index in [-0.39, 0.29) is 0 Å². The van der Waals surface area contributed by atoms with Gasteiger partial charge in [0.1, 0.15) is 5.75 Å². The molecule has 0 spiro atoms. The summed E-state index contributed by atoms with van der Waals surface area (Å²) in [7, 11) is 1.73. The van der Waals surface area contributed by atoms with Crippen molar-refractivity contribution in [3.05, 3.63) is 29.3 Å². The number of aryl methyl sites for hydroxylation is 1. The zero-order valence-electron chi connectivity index (χ0n) is 13.5. The van der Waals surface area contributed by atoms with Crippen molar-refractivity contribution in [1.82, 2.24) is 5.32 Å². The predicted octanol–water partition coefficient (Wildman–Crippen LogP) is 3.35. The second-order valence-corrected chi connectivity index (χ2v) is 5.85. The van der Waals surface area contributed by atoms with Gasteiger partial charge in [0.05, 0.1) is 7.11 Å². The minimum atomic E-state index is 0.597. The Balaban J connectivity index is 1.67. The van der Waals surface area contributed by atoms with Crippen LogP contribution in [0.1, 0.15) is 43.7 Å². The molecule has 3 nitrogen and oxygen atoms in total. The van der Waals surface area contributed by atoms with Gasteiger partial charge in [-0.2, -0.15) is 0 Å². The molecule has 118 valence electrons. The van der Waals surface area contributed by atoms with E-state index in [9.17, 15) is 0 Å². The fourth-order valence-electron chi connectivity index (χ4n) is 2.86. The lowest BCUT2D eigenvalue weighted by molar-refractivity contribution is 0.128. The van der Waals surface area contributed by atoms with Gasteiger partial charge in [-0.15, -0.1) is 0 Å². The van der Waals surface area contributed by atoms with E-state index in [4.69, 9.17) is 9.47 Å². The molecule has 0 aromatic heterocycles. The Labute approximate surface area is 129 Å². The Morgan fingerprint density at radius 2 is 2.05 bits per heavy atom. The van der Waals surface area contributed by atoms with Gasteiger partial charge < -0.3 is 14.8 Å². The lowest BCUT2D eigenvalue weighted by Gasteiger charge is -2.26. The Kier molecular flexibility index (Phi) is 7.04. The maximum Gasteiger partial charge on any atom is 0.119 e. The Morgan fingerprint density at radius 3 is 2.86 bits per heavy atom. The third kappa shape index (κ3) is 5.33. The summed E-state index contributed by atoms with van der Waals surface area (Å²) >= 11 is 0. The number of hydrogen-bond acceptors (Lipinski definition) is 3. The normalized spacial score (nSPS) is 17.5. The van der Waals surface area contributed by atoms with Gasteiger partial charge in [0.2, 0.25) is 0 Å². The van der Waals surface area contributed by atoms with Crippen LogP contribution in [0.5, 0.6) is 5.75 Å². The molecule has 0 radical (unpaired) electrons. The Morgan fingerprint density at radius 1 is 1.19 bits per heavy atom. The molecule has 1 aromatic carbocycles. The number of nitrogens with one attached hydrogen (secondary N) is 1. The van der Waals surface area contributed by atoms with Crippen molar-refractivity contribution in [1.29, 1.82) is 0 Å². The minimum Gasteiger partial charge on any atom is -0.497 e. The van der Waals surface area contributed by atoms with Crippen molar-refractivity contribution in [2.75, 3.05) is 26.9 Å². The van der Waals surface area contributed by atoms with Crippen LogP contribution in [0.2, 0.25) is 0 Å². The van der Waals surface area contributed by atoms with Gasteiger partial charge in [-0.05, 0) is 61.9 Å². The molecular weight excluding hydrogens is 262 g/mol. The quantitative estimate of drug-likeness (QED) is 0.708. The first-order chi connectivity index (χ1) is 10.3. The number of rotatable bonds is 9. The molecule has 0 bridgehead atoms. The first-order valence-corrected chi connectivity index (χ1v) is 8.30. The highest BCUT2D eigenvalue weighted by Gasteiger charge is 2.18. The number of benzene rings is 1. The van der Waals surface area contributed by atoms with Crippen molar-refractivity contribution in [3.8, 4) is 5.75 Å². The van der Waals surface area contributed by atoms with E-state index < -0.39 is 0 Å². The highest BCUT2D eigenvalue weighted by Crippen LogP contribution is 2.25. The molecule has 1 aliphatic carbocycles. The van der Waals surface area contributed by atoms with Crippen LogP contribution in [0.15, 0.2) is 18.2 Å². The van der Waals surface area contributed by atoms with Crippen molar-refractivity contribution < 1.29 is 9.47 Å². The lowest BCUT2D eigenvalue weighted by atomic mass is 9.88. The molecule has 0 amide bonds. The molecule has 2 rings (SSSR count). The van der Waals surface area contributed by atoms with Crippen molar-refractivity contribution in [2.45, 2.75) is 51.5 Å². The van der Waals surface area contributed by atoms with E-state index >= 15 is 0 Å². The van der Waals surface area contributed by atoms with E-state index in [2.05, 4.69) is 30.4 Å². The van der Waals surface area contributed by atoms with Crippen molar-refractivity contribution in [2.24, 2.45) is 0 Å². The second-order valence-electron chi connectivity index (χ2n) is 5.85. The van der Waals surface area contributed by atoms with E-state index in [0.29, 0.717) is 6.04 Å². The summed E-state index contributed by atoms with van der Waals surface area (Å²) in [6, 6.07) is 7.07. The van der Waals surface area contributed by atoms with Crippen molar-refractivity contribution >= 4 is 0 Å². The predicted molar refractivity (Wildman–Crippen MR) is 87.2 cm³/mol. The molecule has 0 aliphatic heterocycles. The van der Waals surface area contributed by atoms with Crippen LogP contribution in [0, 0.1) is 0 Å². The summed E-state index contributed by atoms with van der Waals surface area (Å²) in [5.41, 5.74) is 2.93. The van der Waals surface area contributed by atoms with Gasteiger partial charge in [-0.25, -0.2) is 0 Å². The molecule has 0 saturated heterocycles. The van der Waals surface area contributed by atoms with Gasteiger partial charge in [0, 0.05) is 19.3 Å². The molecule has 1 atom stereocenters. The number of unbranched alkanes of at least 4 members (excludes halogenated alkanes) is 1. The monoisotopic (exact) mass is 291 g/mol. The van der Waals surface area contributed by atoms with Crippen LogP contribution in [-0.2, 0) is 17.6 Å². The van der Waals surface area contributed by atoms with Gasteiger partial charge in [-0.3, -0.25) is 0 Å². The zero-order chi connectivity index (χ0) is 14.9. The molecule has 0 fully saturated rings. The first-order valence-electron chi connectivity index (χ1n) is 8.30. The summed E-state index contributed by atoms with van der Waals surface area (Å²) in [6.07, 6.45) is 7.01. The number of methoxy groups -OCH3 is 1. The van der Waals surface area contributed by atoms with E-state index in [1.165, 1.54) is 36.8 Å². The van der Waals surface area contributed by atoms with Crippen LogP contribution in [0.25, 0.3) is 0 Å². The first kappa shape index (κ1) is 16.3. The van der Waals surface area contributed by atoms with Crippen LogP contribution < -0.4 is 10.1 Å². The third-order valence-electron chi connectivity index (χ3n) is 4.18. The molecule has 1 unspecified atom stereocenters. The van der Waals surface area contributed by atoms with Crippen molar-refractivity contribution in [3.63, 3.8) is 0 Å². The standard InChI is InChI=1S/C18H29NO2/c1-3-4-11-21-12-5-10-19-17-8-6-15-7-9-18(20-2)14-16(15)13-17/h7,9,14,17,19H,3-6,8,10-13H2,1-2H3. The molecule has 1 aromatic rings. The van der Waals surface area contributed by atoms with E-state index in [1.807, 2.05) is 0 Å². The number of ether oxygens (including phenoxy) is 2. The SMILES string of the molecule is CCCCOCCCNC1CCc2ccc(OC)cc2C1. The molecule has 0 heterocycles. The maximum absolute atomic E-state index is 5.59. The van der Waals surface area contributed by atoms with Crippen LogP contribution in [0.3, 0.4) is 0 Å².